The molecular formula is C23H20Cl2N6O3. The lowest BCUT2D eigenvalue weighted by molar-refractivity contribution is 0.122. The molecule has 0 spiro atoms. The number of fused-ring (bicyclic) bond motifs is 1. The highest BCUT2D eigenvalue weighted by Crippen LogP contribution is 2.38. The zero-order valence-corrected chi connectivity index (χ0v) is 19.6. The summed E-state index contributed by atoms with van der Waals surface area (Å²) >= 11 is 12.5. The van der Waals surface area contributed by atoms with Gasteiger partial charge >= 0.3 is 0 Å². The average molecular weight is 499 g/mol. The van der Waals surface area contributed by atoms with Crippen LogP contribution in [0.5, 0.6) is 5.75 Å². The minimum atomic E-state index is -0.457. The maximum Gasteiger partial charge on any atom is 0.278 e. The van der Waals surface area contributed by atoms with E-state index in [2.05, 4.69) is 25.2 Å². The molecular weight excluding hydrogens is 479 g/mol. The second-order valence-electron chi connectivity index (χ2n) is 7.75. The standard InChI is InChI=1S/C23H20Cl2N6O3/c1-30-21-16(28-20(22(30)33)18-15(24)6-7-17(32)19(18)25)12-26-23(29-21)27-13-2-4-14(5-3-13)31-8-10-34-11-9-31/h2-7,12,32H,8-11H2,1H3,(H,26,27,29). The Labute approximate surface area is 204 Å². The molecule has 0 amide bonds. The van der Waals surface area contributed by atoms with E-state index in [0.29, 0.717) is 17.1 Å². The molecule has 9 nitrogen and oxygen atoms in total. The third kappa shape index (κ3) is 4.13. The fourth-order valence-electron chi connectivity index (χ4n) is 3.80. The number of hydrogen-bond acceptors (Lipinski definition) is 8. The molecule has 34 heavy (non-hydrogen) atoms. The van der Waals surface area contributed by atoms with Crippen molar-refractivity contribution in [3.63, 3.8) is 0 Å². The molecule has 0 radical (unpaired) electrons. The molecule has 2 N–H and O–H groups in total. The van der Waals surface area contributed by atoms with Crippen LogP contribution >= 0.6 is 23.2 Å². The lowest BCUT2D eigenvalue weighted by atomic mass is 10.1. The highest BCUT2D eigenvalue weighted by Gasteiger charge is 2.20. The van der Waals surface area contributed by atoms with Crippen LogP contribution in [0.15, 0.2) is 47.4 Å². The number of aromatic hydroxyl groups is 1. The SMILES string of the molecule is Cn1c(=O)c(-c2c(Cl)ccc(O)c2Cl)nc2cnc(Nc3ccc(N4CCOCC4)cc3)nc21. The molecule has 0 aliphatic carbocycles. The lowest BCUT2D eigenvalue weighted by Gasteiger charge is -2.28. The summed E-state index contributed by atoms with van der Waals surface area (Å²) in [6, 6.07) is 10.8. The minimum absolute atomic E-state index is 0.00362. The van der Waals surface area contributed by atoms with Crippen molar-refractivity contribution in [3.8, 4) is 17.0 Å². The number of halogens is 2. The van der Waals surface area contributed by atoms with Crippen LogP contribution in [0.1, 0.15) is 0 Å². The first-order chi connectivity index (χ1) is 16.4. The first kappa shape index (κ1) is 22.4. The summed E-state index contributed by atoms with van der Waals surface area (Å²) in [5.41, 5.74) is 2.35. The number of aromatic nitrogens is 4. The molecule has 5 rings (SSSR count). The quantitative estimate of drug-likeness (QED) is 0.435. The maximum absolute atomic E-state index is 13.1. The number of phenolic OH excluding ortho intramolecular Hbond substituents is 1. The highest BCUT2D eigenvalue weighted by molar-refractivity contribution is 6.40. The van der Waals surface area contributed by atoms with Gasteiger partial charge in [0.2, 0.25) is 5.95 Å². The highest BCUT2D eigenvalue weighted by atomic mass is 35.5. The van der Waals surface area contributed by atoms with Crippen molar-refractivity contribution < 1.29 is 9.84 Å². The van der Waals surface area contributed by atoms with Gasteiger partial charge in [-0.1, -0.05) is 23.2 Å². The van der Waals surface area contributed by atoms with Crippen molar-refractivity contribution in [1.82, 2.24) is 19.5 Å². The Morgan fingerprint density at radius 1 is 1.06 bits per heavy atom. The number of phenols is 1. The molecule has 4 aromatic rings. The van der Waals surface area contributed by atoms with Gasteiger partial charge in [0.05, 0.1) is 29.5 Å². The van der Waals surface area contributed by atoms with E-state index in [0.717, 1.165) is 37.7 Å². The lowest BCUT2D eigenvalue weighted by Crippen LogP contribution is -2.36. The largest absolute Gasteiger partial charge is 0.506 e. The van der Waals surface area contributed by atoms with Crippen LogP contribution in [0, 0.1) is 0 Å². The summed E-state index contributed by atoms with van der Waals surface area (Å²) in [6.45, 7) is 3.18. The summed E-state index contributed by atoms with van der Waals surface area (Å²) < 4.78 is 6.75. The van der Waals surface area contributed by atoms with Crippen LogP contribution < -0.4 is 15.8 Å². The van der Waals surface area contributed by atoms with Gasteiger partial charge < -0.3 is 20.1 Å². The molecule has 1 fully saturated rings. The number of nitrogens with one attached hydrogen (secondary N) is 1. The molecule has 0 atom stereocenters. The summed E-state index contributed by atoms with van der Waals surface area (Å²) in [5, 5.41) is 13.3. The predicted molar refractivity (Wildman–Crippen MR) is 132 cm³/mol. The first-order valence-corrected chi connectivity index (χ1v) is 11.3. The van der Waals surface area contributed by atoms with Gasteiger partial charge in [0, 0.05) is 37.1 Å². The summed E-state index contributed by atoms with van der Waals surface area (Å²) in [4.78, 5) is 28.5. The topological polar surface area (TPSA) is 105 Å². The molecule has 0 saturated carbocycles. The molecule has 11 heteroatoms. The molecule has 2 aromatic heterocycles. The fourth-order valence-corrected chi connectivity index (χ4v) is 4.35. The van der Waals surface area contributed by atoms with Gasteiger partial charge in [0.15, 0.2) is 5.65 Å². The van der Waals surface area contributed by atoms with E-state index < -0.39 is 5.56 Å². The van der Waals surface area contributed by atoms with Crippen LogP contribution in [-0.2, 0) is 11.8 Å². The Morgan fingerprint density at radius 3 is 2.53 bits per heavy atom. The number of ether oxygens (including phenoxy) is 1. The van der Waals surface area contributed by atoms with E-state index in [1.54, 1.807) is 7.05 Å². The van der Waals surface area contributed by atoms with E-state index >= 15 is 0 Å². The van der Waals surface area contributed by atoms with E-state index in [-0.39, 0.29) is 27.1 Å². The molecule has 1 aliphatic rings. The number of morpholine rings is 1. The second kappa shape index (κ2) is 9.09. The van der Waals surface area contributed by atoms with Crippen molar-refractivity contribution in [1.29, 1.82) is 0 Å². The van der Waals surface area contributed by atoms with Crippen molar-refractivity contribution >= 4 is 51.7 Å². The van der Waals surface area contributed by atoms with Gasteiger partial charge in [-0.15, -0.1) is 0 Å². The predicted octanol–water partition coefficient (Wildman–Crippen LogP) is 3.98. The van der Waals surface area contributed by atoms with Crippen molar-refractivity contribution in [2.45, 2.75) is 0 Å². The van der Waals surface area contributed by atoms with E-state index in [9.17, 15) is 9.90 Å². The molecule has 1 saturated heterocycles. The molecule has 1 aliphatic heterocycles. The Bertz CT molecular complexity index is 1440. The monoisotopic (exact) mass is 498 g/mol. The Hall–Kier alpha value is -3.40. The Balaban J connectivity index is 1.46. The third-order valence-corrected chi connectivity index (χ3v) is 6.31. The van der Waals surface area contributed by atoms with Gasteiger partial charge in [0.1, 0.15) is 17.0 Å². The zero-order chi connectivity index (χ0) is 23.8. The minimum Gasteiger partial charge on any atom is -0.506 e. The number of hydrogen-bond donors (Lipinski definition) is 2. The number of aryl methyl sites for hydroxylation is 1. The summed E-state index contributed by atoms with van der Waals surface area (Å²) in [5.74, 6) is 0.130. The molecule has 0 unspecified atom stereocenters. The van der Waals surface area contributed by atoms with E-state index in [4.69, 9.17) is 27.9 Å². The molecule has 2 aromatic carbocycles. The van der Waals surface area contributed by atoms with Gasteiger partial charge in [-0.05, 0) is 36.4 Å². The van der Waals surface area contributed by atoms with Crippen molar-refractivity contribution in [3.05, 3.63) is 63.0 Å². The number of rotatable bonds is 4. The molecule has 0 bridgehead atoms. The Kier molecular flexibility index (Phi) is 5.99. The number of anilines is 3. The van der Waals surface area contributed by atoms with Crippen LogP contribution in [0.3, 0.4) is 0 Å². The van der Waals surface area contributed by atoms with Crippen molar-refractivity contribution in [2.75, 3.05) is 36.5 Å². The third-order valence-electron chi connectivity index (χ3n) is 5.61. The van der Waals surface area contributed by atoms with Gasteiger partial charge in [-0.2, -0.15) is 4.98 Å². The van der Waals surface area contributed by atoms with Crippen LogP contribution in [0.4, 0.5) is 17.3 Å². The summed E-state index contributed by atoms with van der Waals surface area (Å²) in [7, 11) is 1.58. The Morgan fingerprint density at radius 2 is 1.79 bits per heavy atom. The van der Waals surface area contributed by atoms with Gasteiger partial charge in [0.25, 0.3) is 5.56 Å². The number of benzene rings is 2. The van der Waals surface area contributed by atoms with Gasteiger partial charge in [-0.25, -0.2) is 9.97 Å². The molecule has 174 valence electrons. The molecule has 3 heterocycles. The normalized spacial score (nSPS) is 13.9. The van der Waals surface area contributed by atoms with Crippen LogP contribution in [0.25, 0.3) is 22.4 Å². The summed E-state index contributed by atoms with van der Waals surface area (Å²) in [6.07, 6.45) is 1.51. The first-order valence-electron chi connectivity index (χ1n) is 10.5. The maximum atomic E-state index is 13.1. The second-order valence-corrected chi connectivity index (χ2v) is 8.54. The zero-order valence-electron chi connectivity index (χ0n) is 18.1. The smallest absolute Gasteiger partial charge is 0.278 e. The van der Waals surface area contributed by atoms with Crippen LogP contribution in [-0.4, -0.2) is 50.9 Å². The van der Waals surface area contributed by atoms with Crippen molar-refractivity contribution in [2.24, 2.45) is 7.05 Å². The van der Waals surface area contributed by atoms with E-state index in [1.807, 2.05) is 24.3 Å². The number of nitrogens with zero attached hydrogens (tertiary/aromatic N) is 5. The fraction of sp³-hybridized carbons (Fsp3) is 0.217. The average Bonchev–Trinajstić information content (AvgIpc) is 2.86. The van der Waals surface area contributed by atoms with Gasteiger partial charge in [-0.3, -0.25) is 9.36 Å². The van der Waals surface area contributed by atoms with E-state index in [1.165, 1.54) is 22.9 Å². The van der Waals surface area contributed by atoms with Crippen LogP contribution in [0.2, 0.25) is 10.0 Å².